The highest BCUT2D eigenvalue weighted by atomic mass is 16.5. The van der Waals surface area contributed by atoms with Crippen LogP contribution in [0.5, 0.6) is 0 Å². The van der Waals surface area contributed by atoms with E-state index in [1.807, 2.05) is 37.3 Å². The van der Waals surface area contributed by atoms with Gasteiger partial charge in [0.25, 0.3) is 0 Å². The highest BCUT2D eigenvalue weighted by Crippen LogP contribution is 2.27. The fourth-order valence-electron chi connectivity index (χ4n) is 2.76. The van der Waals surface area contributed by atoms with Gasteiger partial charge in [-0.05, 0) is 30.2 Å². The number of rotatable bonds is 9. The molecule has 0 amide bonds. The molecule has 0 heterocycles. The fourth-order valence-corrected chi connectivity index (χ4v) is 2.76. The number of ether oxygens (including phenoxy) is 1. The average molecular weight is 319 g/mol. The molecule has 5 heteroatoms. The number of benzene rings is 1. The number of hydrogen-bond acceptors (Lipinski definition) is 3. The number of guanidine groups is 1. The minimum atomic E-state index is -0.146. The Morgan fingerprint density at radius 3 is 2.48 bits per heavy atom. The quantitative estimate of drug-likeness (QED) is 0.283. The van der Waals surface area contributed by atoms with Crippen LogP contribution in [0.15, 0.2) is 30.3 Å². The van der Waals surface area contributed by atoms with Crippen molar-refractivity contribution in [1.29, 1.82) is 5.41 Å². The van der Waals surface area contributed by atoms with Crippen LogP contribution in [0.4, 0.5) is 0 Å². The zero-order chi connectivity index (χ0) is 17.2. The first-order valence-electron chi connectivity index (χ1n) is 8.20. The van der Waals surface area contributed by atoms with Crippen LogP contribution < -0.4 is 11.1 Å². The molecule has 0 spiro atoms. The van der Waals surface area contributed by atoms with Crippen molar-refractivity contribution in [2.45, 2.75) is 40.2 Å². The van der Waals surface area contributed by atoms with Crippen LogP contribution in [-0.4, -0.2) is 18.5 Å². The molecule has 0 saturated carbocycles. The van der Waals surface area contributed by atoms with Gasteiger partial charge in [0.05, 0.1) is 5.92 Å². The van der Waals surface area contributed by atoms with Crippen molar-refractivity contribution < 1.29 is 9.53 Å². The van der Waals surface area contributed by atoms with Gasteiger partial charge in [-0.25, -0.2) is 0 Å². The molecule has 128 valence electrons. The summed E-state index contributed by atoms with van der Waals surface area (Å²) in [6.45, 7) is 7.18. The van der Waals surface area contributed by atoms with Gasteiger partial charge < -0.3 is 15.8 Å². The van der Waals surface area contributed by atoms with Crippen LogP contribution in [-0.2, 0) is 16.1 Å². The zero-order valence-electron chi connectivity index (χ0n) is 14.3. The summed E-state index contributed by atoms with van der Waals surface area (Å²) >= 11 is 0. The minimum absolute atomic E-state index is 0.0126. The van der Waals surface area contributed by atoms with Gasteiger partial charge in [0.1, 0.15) is 6.61 Å². The van der Waals surface area contributed by atoms with E-state index in [2.05, 4.69) is 19.2 Å². The van der Waals surface area contributed by atoms with Crippen LogP contribution in [0, 0.1) is 23.2 Å². The van der Waals surface area contributed by atoms with Gasteiger partial charge in [-0.3, -0.25) is 10.2 Å². The van der Waals surface area contributed by atoms with Gasteiger partial charge in [0.2, 0.25) is 0 Å². The molecule has 4 N–H and O–H groups in total. The second kappa shape index (κ2) is 9.87. The predicted molar refractivity (Wildman–Crippen MR) is 92.9 cm³/mol. The first-order valence-corrected chi connectivity index (χ1v) is 8.20. The van der Waals surface area contributed by atoms with Gasteiger partial charge in [-0.15, -0.1) is 0 Å². The van der Waals surface area contributed by atoms with Crippen LogP contribution in [0.1, 0.15) is 39.2 Å². The van der Waals surface area contributed by atoms with Crippen LogP contribution in [0.2, 0.25) is 0 Å². The third-order valence-electron chi connectivity index (χ3n) is 4.12. The summed E-state index contributed by atoms with van der Waals surface area (Å²) in [4.78, 5) is 12.3. The van der Waals surface area contributed by atoms with Gasteiger partial charge in [-0.2, -0.15) is 0 Å². The number of nitrogens with one attached hydrogen (secondary N) is 2. The van der Waals surface area contributed by atoms with Gasteiger partial charge >= 0.3 is 5.97 Å². The summed E-state index contributed by atoms with van der Waals surface area (Å²) in [6.07, 6.45) is 1.78. The lowest BCUT2D eigenvalue weighted by atomic mass is 9.81. The van der Waals surface area contributed by atoms with E-state index >= 15 is 0 Å². The second-order valence-electron chi connectivity index (χ2n) is 6.27. The van der Waals surface area contributed by atoms with Crippen molar-refractivity contribution in [1.82, 2.24) is 5.32 Å². The highest BCUT2D eigenvalue weighted by molar-refractivity contribution is 5.74. The molecule has 5 nitrogen and oxygen atoms in total. The number of esters is 1. The number of carbonyl (C=O) groups excluding carboxylic acids is 1. The molecule has 0 aliphatic carbocycles. The van der Waals surface area contributed by atoms with E-state index in [4.69, 9.17) is 15.9 Å². The minimum Gasteiger partial charge on any atom is -0.461 e. The lowest BCUT2D eigenvalue weighted by Gasteiger charge is -2.26. The molecule has 0 radical (unpaired) electrons. The smallest absolute Gasteiger partial charge is 0.309 e. The molecule has 1 aromatic carbocycles. The van der Waals surface area contributed by atoms with Crippen molar-refractivity contribution in [3.8, 4) is 0 Å². The molecule has 0 aromatic heterocycles. The average Bonchev–Trinajstić information content (AvgIpc) is 2.52. The van der Waals surface area contributed by atoms with E-state index in [-0.39, 0.29) is 23.8 Å². The summed E-state index contributed by atoms with van der Waals surface area (Å²) in [5, 5.41) is 9.95. The molecule has 0 fully saturated rings. The Bertz CT molecular complexity index is 488. The van der Waals surface area contributed by atoms with Crippen molar-refractivity contribution in [3.05, 3.63) is 35.9 Å². The standard InChI is InChI=1S/C18H29N3O2/c1-13(2)16(10-7-11-21-18(19)20)14(3)17(22)23-12-15-8-5-4-6-9-15/h4-6,8-9,13-14,16H,7,10-12H2,1-3H3,(H4,19,20,21). The second-order valence-corrected chi connectivity index (χ2v) is 6.27. The van der Waals surface area contributed by atoms with E-state index in [0.29, 0.717) is 19.1 Å². The molecule has 2 atom stereocenters. The molecule has 2 unspecified atom stereocenters. The Hall–Kier alpha value is -2.04. The number of hydrogen-bond donors (Lipinski definition) is 3. The van der Waals surface area contributed by atoms with Gasteiger partial charge in [0, 0.05) is 6.54 Å². The molecular formula is C18H29N3O2. The maximum Gasteiger partial charge on any atom is 0.309 e. The van der Waals surface area contributed by atoms with E-state index in [1.54, 1.807) is 0 Å². The third kappa shape index (κ3) is 7.17. The van der Waals surface area contributed by atoms with Crippen LogP contribution >= 0.6 is 0 Å². The monoisotopic (exact) mass is 319 g/mol. The molecule has 0 bridgehead atoms. The topological polar surface area (TPSA) is 88.2 Å². The van der Waals surface area contributed by atoms with Crippen LogP contribution in [0.3, 0.4) is 0 Å². The van der Waals surface area contributed by atoms with E-state index in [0.717, 1.165) is 18.4 Å². The number of carbonyl (C=O) groups is 1. The lowest BCUT2D eigenvalue weighted by Crippen LogP contribution is -2.32. The van der Waals surface area contributed by atoms with Crippen molar-refractivity contribution in [2.75, 3.05) is 6.54 Å². The summed E-state index contributed by atoms with van der Waals surface area (Å²) < 4.78 is 5.46. The summed E-state index contributed by atoms with van der Waals surface area (Å²) in [6, 6.07) is 9.71. The van der Waals surface area contributed by atoms with Gasteiger partial charge in [-0.1, -0.05) is 51.1 Å². The molecular weight excluding hydrogens is 290 g/mol. The molecule has 1 rings (SSSR count). The number of nitrogens with two attached hydrogens (primary N) is 1. The Balaban J connectivity index is 2.46. The highest BCUT2D eigenvalue weighted by Gasteiger charge is 2.27. The first-order chi connectivity index (χ1) is 10.9. The lowest BCUT2D eigenvalue weighted by molar-refractivity contribution is -0.152. The maximum absolute atomic E-state index is 12.3. The third-order valence-corrected chi connectivity index (χ3v) is 4.12. The van der Waals surface area contributed by atoms with Crippen molar-refractivity contribution >= 4 is 11.9 Å². The van der Waals surface area contributed by atoms with Crippen LogP contribution in [0.25, 0.3) is 0 Å². The fraction of sp³-hybridized carbons (Fsp3) is 0.556. The normalized spacial score (nSPS) is 13.4. The van der Waals surface area contributed by atoms with E-state index < -0.39 is 0 Å². The van der Waals surface area contributed by atoms with Crippen molar-refractivity contribution in [3.63, 3.8) is 0 Å². The summed E-state index contributed by atoms with van der Waals surface area (Å²) in [5.74, 6) is 0.350. The summed E-state index contributed by atoms with van der Waals surface area (Å²) in [7, 11) is 0. The Labute approximate surface area is 139 Å². The molecule has 23 heavy (non-hydrogen) atoms. The van der Waals surface area contributed by atoms with E-state index in [9.17, 15) is 4.79 Å². The molecule has 0 aliphatic rings. The Morgan fingerprint density at radius 2 is 1.91 bits per heavy atom. The van der Waals surface area contributed by atoms with E-state index in [1.165, 1.54) is 0 Å². The largest absolute Gasteiger partial charge is 0.461 e. The summed E-state index contributed by atoms with van der Waals surface area (Å²) in [5.41, 5.74) is 6.27. The first kappa shape index (κ1) is 19.0. The Kier molecular flexibility index (Phi) is 8.16. The molecule has 0 aliphatic heterocycles. The molecule has 1 aromatic rings. The molecule has 0 saturated heterocycles. The maximum atomic E-state index is 12.3. The zero-order valence-corrected chi connectivity index (χ0v) is 14.3. The predicted octanol–water partition coefficient (Wildman–Crippen LogP) is 2.90. The van der Waals surface area contributed by atoms with Gasteiger partial charge in [0.15, 0.2) is 5.96 Å². The Morgan fingerprint density at radius 1 is 1.26 bits per heavy atom. The van der Waals surface area contributed by atoms with Crippen molar-refractivity contribution in [2.24, 2.45) is 23.5 Å². The SMILES string of the molecule is CC(C)C(CCCNC(=N)N)C(C)C(=O)OCc1ccccc1.